The van der Waals surface area contributed by atoms with Crippen LogP contribution in [0.4, 0.5) is 17.1 Å². The summed E-state index contributed by atoms with van der Waals surface area (Å²) in [6.45, 7) is 9.62. The topological polar surface area (TPSA) is 32.7 Å². The SMILES string of the molecule is C=C(C)C(O)Oc1ccc(N(c2cccc(C)c2)c2cccc(C)c2)cc1. The van der Waals surface area contributed by atoms with Crippen LogP contribution in [-0.4, -0.2) is 11.4 Å². The molecule has 0 aliphatic carbocycles. The summed E-state index contributed by atoms with van der Waals surface area (Å²) in [6.07, 6.45) is -1.000. The lowest BCUT2D eigenvalue weighted by atomic mass is 10.1. The maximum atomic E-state index is 9.84. The van der Waals surface area contributed by atoms with E-state index < -0.39 is 6.29 Å². The Morgan fingerprint density at radius 3 is 1.81 bits per heavy atom. The third-order valence-corrected chi connectivity index (χ3v) is 4.28. The predicted octanol–water partition coefficient (Wildman–Crippen LogP) is 6.05. The van der Waals surface area contributed by atoms with E-state index in [1.54, 1.807) is 6.92 Å². The Kier molecular flexibility index (Phi) is 5.63. The lowest BCUT2D eigenvalue weighted by Crippen LogP contribution is -2.16. The molecule has 0 heterocycles. The van der Waals surface area contributed by atoms with Crippen molar-refractivity contribution in [1.29, 1.82) is 0 Å². The molecular formula is C24H25NO2. The first-order valence-electron chi connectivity index (χ1n) is 8.98. The maximum Gasteiger partial charge on any atom is 0.219 e. The molecule has 0 aliphatic rings. The monoisotopic (exact) mass is 359 g/mol. The lowest BCUT2D eigenvalue weighted by Gasteiger charge is -2.26. The van der Waals surface area contributed by atoms with Crippen LogP contribution < -0.4 is 9.64 Å². The minimum absolute atomic E-state index is 0.570. The second kappa shape index (κ2) is 8.11. The van der Waals surface area contributed by atoms with Crippen molar-refractivity contribution >= 4 is 17.1 Å². The zero-order valence-electron chi connectivity index (χ0n) is 16.0. The highest BCUT2D eigenvalue weighted by Gasteiger charge is 2.13. The van der Waals surface area contributed by atoms with E-state index >= 15 is 0 Å². The van der Waals surface area contributed by atoms with Crippen molar-refractivity contribution < 1.29 is 9.84 Å². The Morgan fingerprint density at radius 2 is 1.37 bits per heavy atom. The van der Waals surface area contributed by atoms with E-state index in [9.17, 15) is 5.11 Å². The van der Waals surface area contributed by atoms with Crippen LogP contribution in [0.2, 0.25) is 0 Å². The van der Waals surface area contributed by atoms with Gasteiger partial charge in [0.1, 0.15) is 5.75 Å². The molecular weight excluding hydrogens is 334 g/mol. The van der Waals surface area contributed by atoms with Crippen molar-refractivity contribution in [2.45, 2.75) is 27.1 Å². The van der Waals surface area contributed by atoms with Gasteiger partial charge in [-0.2, -0.15) is 0 Å². The number of hydrogen-bond donors (Lipinski definition) is 1. The van der Waals surface area contributed by atoms with Gasteiger partial charge in [-0.3, -0.25) is 0 Å². The summed E-state index contributed by atoms with van der Waals surface area (Å²) in [4.78, 5) is 2.21. The van der Waals surface area contributed by atoms with Gasteiger partial charge in [0, 0.05) is 17.1 Å². The van der Waals surface area contributed by atoms with Crippen LogP contribution >= 0.6 is 0 Å². The Labute approximate surface area is 161 Å². The van der Waals surface area contributed by atoms with Gasteiger partial charge < -0.3 is 14.7 Å². The number of rotatable bonds is 6. The van der Waals surface area contributed by atoms with Crippen molar-refractivity contribution in [3.05, 3.63) is 96.1 Å². The van der Waals surface area contributed by atoms with Crippen LogP contribution in [0.15, 0.2) is 84.9 Å². The molecule has 3 heteroatoms. The molecule has 0 bridgehead atoms. The molecule has 138 valence electrons. The van der Waals surface area contributed by atoms with Gasteiger partial charge in [0.25, 0.3) is 0 Å². The van der Waals surface area contributed by atoms with Gasteiger partial charge >= 0.3 is 0 Å². The van der Waals surface area contributed by atoms with Crippen LogP contribution in [0.25, 0.3) is 0 Å². The van der Waals surface area contributed by atoms with E-state index in [0.717, 1.165) is 17.1 Å². The van der Waals surface area contributed by atoms with Gasteiger partial charge in [0.15, 0.2) is 0 Å². The molecule has 1 atom stereocenters. The number of aryl methyl sites for hydroxylation is 2. The Balaban J connectivity index is 1.99. The van der Waals surface area contributed by atoms with E-state index in [1.165, 1.54) is 11.1 Å². The van der Waals surface area contributed by atoms with Crippen molar-refractivity contribution in [2.24, 2.45) is 0 Å². The zero-order valence-corrected chi connectivity index (χ0v) is 16.0. The van der Waals surface area contributed by atoms with E-state index in [1.807, 2.05) is 24.3 Å². The Hall–Kier alpha value is -3.04. The molecule has 3 rings (SSSR count). The molecule has 3 aromatic rings. The van der Waals surface area contributed by atoms with Gasteiger partial charge in [0.05, 0.1) is 0 Å². The molecule has 0 radical (unpaired) electrons. The zero-order chi connectivity index (χ0) is 19.4. The molecule has 0 fully saturated rings. The highest BCUT2D eigenvalue weighted by Crippen LogP contribution is 2.36. The summed E-state index contributed by atoms with van der Waals surface area (Å²) in [6, 6.07) is 24.5. The van der Waals surface area contributed by atoms with E-state index in [-0.39, 0.29) is 0 Å². The van der Waals surface area contributed by atoms with Crippen molar-refractivity contribution in [3.8, 4) is 5.75 Å². The van der Waals surface area contributed by atoms with E-state index in [2.05, 4.69) is 73.9 Å². The van der Waals surface area contributed by atoms with Crippen LogP contribution in [0, 0.1) is 13.8 Å². The van der Waals surface area contributed by atoms with Crippen LogP contribution in [-0.2, 0) is 0 Å². The summed E-state index contributed by atoms with van der Waals surface area (Å²) < 4.78 is 5.50. The molecule has 1 unspecified atom stereocenters. The average molecular weight is 359 g/mol. The molecule has 0 aromatic heterocycles. The molecule has 27 heavy (non-hydrogen) atoms. The minimum atomic E-state index is -1.000. The molecule has 0 aliphatic heterocycles. The first kappa shape index (κ1) is 18.7. The number of nitrogens with zero attached hydrogens (tertiary/aromatic N) is 1. The summed E-state index contributed by atoms with van der Waals surface area (Å²) in [5.74, 6) is 0.600. The first-order valence-corrected chi connectivity index (χ1v) is 8.98. The molecule has 3 nitrogen and oxygen atoms in total. The lowest BCUT2D eigenvalue weighted by molar-refractivity contribution is 0.0151. The Bertz CT molecular complexity index is 886. The van der Waals surface area contributed by atoms with Gasteiger partial charge in [-0.15, -0.1) is 0 Å². The number of aliphatic hydroxyl groups excluding tert-OH is 1. The van der Waals surface area contributed by atoms with Crippen LogP contribution in [0.3, 0.4) is 0 Å². The standard InChI is InChI=1S/C24H25NO2/c1-17(2)24(26)27-23-13-11-20(12-14-23)25(21-9-5-7-18(3)15-21)22-10-6-8-19(4)16-22/h5-16,24,26H,1H2,2-4H3. The number of anilines is 3. The number of hydrogen-bond acceptors (Lipinski definition) is 3. The van der Waals surface area contributed by atoms with Crippen LogP contribution in [0.5, 0.6) is 5.75 Å². The van der Waals surface area contributed by atoms with Gasteiger partial charge in [0.2, 0.25) is 6.29 Å². The number of ether oxygens (including phenoxy) is 1. The molecule has 1 N–H and O–H groups in total. The summed E-state index contributed by atoms with van der Waals surface area (Å²) in [7, 11) is 0. The fraction of sp³-hybridized carbons (Fsp3) is 0.167. The normalized spacial score (nSPS) is 11.7. The molecule has 3 aromatic carbocycles. The molecule has 0 spiro atoms. The molecule has 0 amide bonds. The van der Waals surface area contributed by atoms with Crippen molar-refractivity contribution in [1.82, 2.24) is 0 Å². The average Bonchev–Trinajstić information content (AvgIpc) is 2.63. The molecule has 0 saturated carbocycles. The fourth-order valence-corrected chi connectivity index (χ4v) is 2.88. The predicted molar refractivity (Wildman–Crippen MR) is 112 cm³/mol. The third kappa shape index (κ3) is 4.57. The summed E-state index contributed by atoms with van der Waals surface area (Å²) >= 11 is 0. The van der Waals surface area contributed by atoms with E-state index in [4.69, 9.17) is 4.74 Å². The van der Waals surface area contributed by atoms with Gasteiger partial charge in [-0.1, -0.05) is 30.8 Å². The quantitative estimate of drug-likeness (QED) is 0.430. The molecule has 0 saturated heterocycles. The van der Waals surface area contributed by atoms with Crippen molar-refractivity contribution in [2.75, 3.05) is 4.90 Å². The second-order valence-corrected chi connectivity index (χ2v) is 6.82. The number of aliphatic hydroxyl groups is 1. The first-order chi connectivity index (χ1) is 12.9. The minimum Gasteiger partial charge on any atom is -0.461 e. The summed E-state index contributed by atoms with van der Waals surface area (Å²) in [5.41, 5.74) is 6.18. The van der Waals surface area contributed by atoms with Gasteiger partial charge in [-0.05, 0) is 86.0 Å². The van der Waals surface area contributed by atoms with E-state index in [0.29, 0.717) is 11.3 Å². The maximum absolute atomic E-state index is 9.84. The highest BCUT2D eigenvalue weighted by atomic mass is 16.6. The number of benzene rings is 3. The Morgan fingerprint density at radius 1 is 0.852 bits per heavy atom. The van der Waals surface area contributed by atoms with Crippen molar-refractivity contribution in [3.63, 3.8) is 0 Å². The largest absolute Gasteiger partial charge is 0.461 e. The smallest absolute Gasteiger partial charge is 0.219 e. The van der Waals surface area contributed by atoms with Gasteiger partial charge in [-0.25, -0.2) is 0 Å². The fourth-order valence-electron chi connectivity index (χ4n) is 2.88. The summed E-state index contributed by atoms with van der Waals surface area (Å²) in [5, 5.41) is 9.84. The van der Waals surface area contributed by atoms with Crippen LogP contribution in [0.1, 0.15) is 18.1 Å². The third-order valence-electron chi connectivity index (χ3n) is 4.28. The second-order valence-electron chi connectivity index (χ2n) is 6.82. The highest BCUT2D eigenvalue weighted by molar-refractivity contribution is 5.77.